The minimum Gasteiger partial charge on any atom is -0.250 e. The van der Waals surface area contributed by atoms with E-state index in [0.29, 0.717) is 5.15 Å². The van der Waals surface area contributed by atoms with E-state index in [1.807, 2.05) is 18.2 Å². The van der Waals surface area contributed by atoms with Crippen molar-refractivity contribution >= 4 is 23.4 Å². The maximum Gasteiger partial charge on any atom is 0.136 e. The van der Waals surface area contributed by atoms with Crippen LogP contribution in [0.15, 0.2) is 40.5 Å². The van der Waals surface area contributed by atoms with E-state index in [0.717, 1.165) is 15.9 Å². The minimum atomic E-state index is -0.121. The average Bonchev–Trinajstić information content (AvgIpc) is 2.28. The number of pyridine rings is 1. The highest BCUT2D eigenvalue weighted by molar-refractivity contribution is 7.99. The number of aromatic nitrogens is 3. The molecule has 0 radical (unpaired) electrons. The van der Waals surface area contributed by atoms with Crippen molar-refractivity contribution in [1.82, 2.24) is 15.0 Å². The van der Waals surface area contributed by atoms with Gasteiger partial charge in [0.1, 0.15) is 21.0 Å². The average molecular weight is 280 g/mol. The van der Waals surface area contributed by atoms with E-state index in [1.165, 1.54) is 11.8 Å². The molecule has 0 saturated carbocycles. The Hall–Kier alpha value is -1.13. The Morgan fingerprint density at radius 1 is 1.11 bits per heavy atom. The lowest BCUT2D eigenvalue weighted by Gasteiger charge is -2.17. The Morgan fingerprint density at radius 3 is 2.50 bits per heavy atom. The van der Waals surface area contributed by atoms with E-state index < -0.39 is 0 Å². The van der Waals surface area contributed by atoms with Crippen molar-refractivity contribution < 1.29 is 0 Å². The van der Waals surface area contributed by atoms with E-state index >= 15 is 0 Å². The summed E-state index contributed by atoms with van der Waals surface area (Å²) >= 11 is 7.52. The second-order valence-electron chi connectivity index (χ2n) is 4.87. The molecule has 2 heterocycles. The molecule has 94 valence electrons. The van der Waals surface area contributed by atoms with E-state index in [1.54, 1.807) is 12.3 Å². The molecule has 0 N–H and O–H groups in total. The van der Waals surface area contributed by atoms with Gasteiger partial charge in [-0.15, -0.1) is 0 Å². The van der Waals surface area contributed by atoms with Crippen molar-refractivity contribution in [3.63, 3.8) is 0 Å². The summed E-state index contributed by atoms with van der Waals surface area (Å²) in [5, 5.41) is 2.18. The van der Waals surface area contributed by atoms with E-state index in [2.05, 4.69) is 35.7 Å². The molecule has 0 aliphatic carbocycles. The van der Waals surface area contributed by atoms with Crippen LogP contribution < -0.4 is 0 Å². The first-order valence-electron chi connectivity index (χ1n) is 5.59. The zero-order valence-corrected chi connectivity index (χ0v) is 12.1. The highest BCUT2D eigenvalue weighted by atomic mass is 35.5. The molecular weight excluding hydrogens is 266 g/mol. The second kappa shape index (κ2) is 5.24. The predicted molar refractivity (Wildman–Crippen MR) is 74.1 cm³/mol. The summed E-state index contributed by atoms with van der Waals surface area (Å²) in [5.41, 5.74) is -0.121. The molecule has 0 fully saturated rings. The first-order valence-corrected chi connectivity index (χ1v) is 6.78. The summed E-state index contributed by atoms with van der Waals surface area (Å²) in [6, 6.07) is 7.54. The summed E-state index contributed by atoms with van der Waals surface area (Å²) in [6.45, 7) is 6.19. The van der Waals surface area contributed by atoms with Gasteiger partial charge in [0.05, 0.1) is 0 Å². The Labute approximate surface area is 116 Å². The summed E-state index contributed by atoms with van der Waals surface area (Å²) < 4.78 is 0. The van der Waals surface area contributed by atoms with Gasteiger partial charge in [0.25, 0.3) is 0 Å². The molecular formula is C13H14ClN3S. The number of nitrogens with zero attached hydrogens (tertiary/aromatic N) is 3. The third-order valence-electron chi connectivity index (χ3n) is 2.19. The van der Waals surface area contributed by atoms with Crippen LogP contribution in [0.2, 0.25) is 5.15 Å². The summed E-state index contributed by atoms with van der Waals surface area (Å²) in [6.07, 6.45) is 1.76. The molecule has 0 unspecified atom stereocenters. The quantitative estimate of drug-likeness (QED) is 0.780. The van der Waals surface area contributed by atoms with Gasteiger partial charge in [-0.1, -0.05) is 38.4 Å². The molecule has 0 aliphatic heterocycles. The standard InChI is InChI=1S/C13H14ClN3S/c1-13(2,3)12-16-9(14)8-11(17-12)18-10-6-4-5-7-15-10/h4-8H,1-3H3. The molecule has 0 amide bonds. The third kappa shape index (κ3) is 3.43. The van der Waals surface area contributed by atoms with Crippen LogP contribution in [-0.4, -0.2) is 15.0 Å². The highest BCUT2D eigenvalue weighted by Crippen LogP contribution is 2.28. The Bertz CT molecular complexity index is 538. The van der Waals surface area contributed by atoms with Gasteiger partial charge in [0.15, 0.2) is 0 Å². The molecule has 0 saturated heterocycles. The van der Waals surface area contributed by atoms with Gasteiger partial charge < -0.3 is 0 Å². The maximum atomic E-state index is 6.04. The topological polar surface area (TPSA) is 38.7 Å². The first-order chi connectivity index (χ1) is 8.45. The lowest BCUT2D eigenvalue weighted by molar-refractivity contribution is 0.538. The molecule has 0 aliphatic rings. The molecule has 5 heteroatoms. The summed E-state index contributed by atoms with van der Waals surface area (Å²) in [5.74, 6) is 0.744. The van der Waals surface area contributed by atoms with Crippen LogP contribution in [0.5, 0.6) is 0 Å². The zero-order valence-electron chi connectivity index (χ0n) is 10.5. The maximum absolute atomic E-state index is 6.04. The Balaban J connectivity index is 2.32. The normalized spacial score (nSPS) is 11.6. The molecule has 0 spiro atoms. The van der Waals surface area contributed by atoms with Crippen LogP contribution in [0, 0.1) is 0 Å². The van der Waals surface area contributed by atoms with E-state index in [9.17, 15) is 0 Å². The fourth-order valence-electron chi connectivity index (χ4n) is 1.30. The van der Waals surface area contributed by atoms with Crippen molar-refractivity contribution in [3.8, 4) is 0 Å². The van der Waals surface area contributed by atoms with Crippen LogP contribution in [0.4, 0.5) is 0 Å². The largest absolute Gasteiger partial charge is 0.250 e. The predicted octanol–water partition coefficient (Wildman–Crippen LogP) is 3.97. The first kappa shape index (κ1) is 13.3. The van der Waals surface area contributed by atoms with Gasteiger partial charge in [-0.05, 0) is 23.9 Å². The van der Waals surface area contributed by atoms with E-state index in [-0.39, 0.29) is 5.41 Å². The third-order valence-corrected chi connectivity index (χ3v) is 3.25. The van der Waals surface area contributed by atoms with Gasteiger partial charge in [-0.3, -0.25) is 0 Å². The van der Waals surface area contributed by atoms with Gasteiger partial charge in [-0.25, -0.2) is 15.0 Å². The van der Waals surface area contributed by atoms with Crippen molar-refractivity contribution in [2.45, 2.75) is 36.2 Å². The van der Waals surface area contributed by atoms with Gasteiger partial charge in [0.2, 0.25) is 0 Å². The van der Waals surface area contributed by atoms with Gasteiger partial charge in [-0.2, -0.15) is 0 Å². The number of hydrogen-bond acceptors (Lipinski definition) is 4. The van der Waals surface area contributed by atoms with Crippen LogP contribution >= 0.6 is 23.4 Å². The fourth-order valence-corrected chi connectivity index (χ4v) is 2.32. The second-order valence-corrected chi connectivity index (χ2v) is 6.30. The summed E-state index contributed by atoms with van der Waals surface area (Å²) in [4.78, 5) is 13.0. The number of hydrogen-bond donors (Lipinski definition) is 0. The van der Waals surface area contributed by atoms with Crippen molar-refractivity contribution in [2.75, 3.05) is 0 Å². The minimum absolute atomic E-state index is 0.121. The van der Waals surface area contributed by atoms with Gasteiger partial charge >= 0.3 is 0 Å². The Kier molecular flexibility index (Phi) is 3.88. The van der Waals surface area contributed by atoms with Crippen LogP contribution in [0.25, 0.3) is 0 Å². The SMILES string of the molecule is CC(C)(C)c1nc(Cl)cc(Sc2ccccn2)n1. The summed E-state index contributed by atoms with van der Waals surface area (Å²) in [7, 11) is 0. The van der Waals surface area contributed by atoms with Crippen LogP contribution in [0.3, 0.4) is 0 Å². The molecule has 2 aromatic rings. The van der Waals surface area contributed by atoms with Crippen molar-refractivity contribution in [3.05, 3.63) is 41.4 Å². The van der Waals surface area contributed by atoms with Crippen molar-refractivity contribution in [2.24, 2.45) is 0 Å². The lowest BCUT2D eigenvalue weighted by Crippen LogP contribution is -2.16. The zero-order chi connectivity index (χ0) is 13.2. The molecule has 3 nitrogen and oxygen atoms in total. The molecule has 2 rings (SSSR count). The Morgan fingerprint density at radius 2 is 1.89 bits per heavy atom. The molecule has 0 atom stereocenters. The molecule has 2 aromatic heterocycles. The molecule has 0 aromatic carbocycles. The van der Waals surface area contributed by atoms with Crippen LogP contribution in [0.1, 0.15) is 26.6 Å². The fraction of sp³-hybridized carbons (Fsp3) is 0.308. The lowest BCUT2D eigenvalue weighted by atomic mass is 9.96. The number of halogens is 1. The smallest absolute Gasteiger partial charge is 0.136 e. The molecule has 0 bridgehead atoms. The monoisotopic (exact) mass is 279 g/mol. The molecule has 18 heavy (non-hydrogen) atoms. The van der Waals surface area contributed by atoms with E-state index in [4.69, 9.17) is 11.6 Å². The van der Waals surface area contributed by atoms with Gasteiger partial charge in [0, 0.05) is 17.7 Å². The highest BCUT2D eigenvalue weighted by Gasteiger charge is 2.19. The number of rotatable bonds is 2. The van der Waals surface area contributed by atoms with Crippen LogP contribution in [-0.2, 0) is 5.41 Å². The van der Waals surface area contributed by atoms with Crippen molar-refractivity contribution in [1.29, 1.82) is 0 Å².